The number of aryl methyl sites for hydroxylation is 1. The molecule has 0 fully saturated rings. The highest BCUT2D eigenvalue weighted by Crippen LogP contribution is 2.20. The van der Waals surface area contributed by atoms with Crippen LogP contribution in [0.3, 0.4) is 0 Å². The van der Waals surface area contributed by atoms with E-state index in [4.69, 9.17) is 0 Å². The van der Waals surface area contributed by atoms with Crippen LogP contribution in [0.2, 0.25) is 0 Å². The molecule has 0 saturated carbocycles. The normalized spacial score (nSPS) is 10.7. The number of rotatable bonds is 2. The maximum absolute atomic E-state index is 3.20. The first kappa shape index (κ1) is 9.22. The van der Waals surface area contributed by atoms with Gasteiger partial charge >= 0.3 is 0 Å². The second-order valence-electron chi connectivity index (χ2n) is 3.68. The van der Waals surface area contributed by atoms with Gasteiger partial charge in [0, 0.05) is 6.54 Å². The minimum absolute atomic E-state index is 0.933. The van der Waals surface area contributed by atoms with Crippen molar-refractivity contribution in [2.75, 3.05) is 7.05 Å². The topological polar surface area (TPSA) is 12.0 Å². The van der Waals surface area contributed by atoms with Gasteiger partial charge in [0.15, 0.2) is 0 Å². The maximum atomic E-state index is 3.20. The fourth-order valence-electron chi connectivity index (χ4n) is 1.89. The van der Waals surface area contributed by atoms with Crippen LogP contribution in [-0.2, 0) is 6.54 Å². The van der Waals surface area contributed by atoms with Gasteiger partial charge in [-0.1, -0.05) is 42.0 Å². The quantitative estimate of drug-likeness (QED) is 0.758. The van der Waals surface area contributed by atoms with Crippen molar-refractivity contribution in [3.8, 4) is 0 Å². The molecular formula is C13H15N. The number of fused-ring (bicyclic) bond motifs is 1. The first-order chi connectivity index (χ1) is 6.81. The summed E-state index contributed by atoms with van der Waals surface area (Å²) in [6.07, 6.45) is 0. The van der Waals surface area contributed by atoms with Gasteiger partial charge in [0.2, 0.25) is 0 Å². The van der Waals surface area contributed by atoms with Crippen molar-refractivity contribution in [1.29, 1.82) is 0 Å². The zero-order chi connectivity index (χ0) is 9.97. The number of hydrogen-bond donors (Lipinski definition) is 1. The van der Waals surface area contributed by atoms with Crippen LogP contribution >= 0.6 is 0 Å². The van der Waals surface area contributed by atoms with Crippen molar-refractivity contribution in [3.63, 3.8) is 0 Å². The van der Waals surface area contributed by atoms with E-state index in [1.54, 1.807) is 0 Å². The Bertz CT molecular complexity index is 446. The molecule has 0 bridgehead atoms. The van der Waals surface area contributed by atoms with E-state index in [2.05, 4.69) is 48.6 Å². The second kappa shape index (κ2) is 3.81. The average molecular weight is 185 g/mol. The molecule has 2 aromatic carbocycles. The van der Waals surface area contributed by atoms with Gasteiger partial charge in [0.25, 0.3) is 0 Å². The fourth-order valence-corrected chi connectivity index (χ4v) is 1.89. The van der Waals surface area contributed by atoms with Crippen LogP contribution in [0.15, 0.2) is 36.4 Å². The van der Waals surface area contributed by atoms with Crippen LogP contribution in [0, 0.1) is 6.92 Å². The summed E-state index contributed by atoms with van der Waals surface area (Å²) in [4.78, 5) is 0. The molecule has 0 aliphatic carbocycles. The van der Waals surface area contributed by atoms with Gasteiger partial charge in [0.05, 0.1) is 0 Å². The summed E-state index contributed by atoms with van der Waals surface area (Å²) in [7, 11) is 1.98. The highest BCUT2D eigenvalue weighted by atomic mass is 14.8. The summed E-state index contributed by atoms with van der Waals surface area (Å²) < 4.78 is 0. The van der Waals surface area contributed by atoms with Gasteiger partial charge in [-0.25, -0.2) is 0 Å². The summed E-state index contributed by atoms with van der Waals surface area (Å²) in [5, 5.41) is 5.89. The van der Waals surface area contributed by atoms with E-state index in [9.17, 15) is 0 Å². The molecule has 0 aromatic heterocycles. The number of hydrogen-bond acceptors (Lipinski definition) is 1. The van der Waals surface area contributed by atoms with E-state index in [0.29, 0.717) is 0 Å². The highest BCUT2D eigenvalue weighted by Gasteiger charge is 2.00. The van der Waals surface area contributed by atoms with E-state index < -0.39 is 0 Å². The molecule has 0 aliphatic heterocycles. The smallest absolute Gasteiger partial charge is 0.0208 e. The van der Waals surface area contributed by atoms with E-state index >= 15 is 0 Å². The van der Waals surface area contributed by atoms with Gasteiger partial charge in [-0.05, 0) is 30.3 Å². The lowest BCUT2D eigenvalue weighted by Gasteiger charge is -2.07. The lowest BCUT2D eigenvalue weighted by molar-refractivity contribution is 0.823. The van der Waals surface area contributed by atoms with Crippen molar-refractivity contribution in [3.05, 3.63) is 47.5 Å². The molecule has 0 aliphatic rings. The van der Waals surface area contributed by atoms with E-state index in [1.165, 1.54) is 21.9 Å². The summed E-state index contributed by atoms with van der Waals surface area (Å²) in [6, 6.07) is 13.0. The van der Waals surface area contributed by atoms with Crippen molar-refractivity contribution in [2.24, 2.45) is 0 Å². The van der Waals surface area contributed by atoms with Gasteiger partial charge < -0.3 is 5.32 Å². The molecule has 0 radical (unpaired) electrons. The Morgan fingerprint density at radius 3 is 2.71 bits per heavy atom. The molecule has 0 atom stereocenters. The minimum Gasteiger partial charge on any atom is -0.316 e. The number of nitrogens with one attached hydrogen (secondary N) is 1. The third kappa shape index (κ3) is 1.64. The van der Waals surface area contributed by atoms with Gasteiger partial charge in [0.1, 0.15) is 0 Å². The van der Waals surface area contributed by atoms with Crippen LogP contribution in [-0.4, -0.2) is 7.05 Å². The Morgan fingerprint density at radius 2 is 1.93 bits per heavy atom. The Morgan fingerprint density at radius 1 is 1.14 bits per heavy atom. The monoisotopic (exact) mass is 185 g/mol. The molecule has 0 unspecified atom stereocenters. The SMILES string of the molecule is CNCc1cc(C)cc2ccccc12. The Kier molecular flexibility index (Phi) is 2.51. The molecule has 14 heavy (non-hydrogen) atoms. The molecular weight excluding hydrogens is 170 g/mol. The Balaban J connectivity index is 2.67. The van der Waals surface area contributed by atoms with Crippen molar-refractivity contribution >= 4 is 10.8 Å². The predicted molar refractivity (Wildman–Crippen MR) is 61.4 cm³/mol. The van der Waals surface area contributed by atoms with Crippen molar-refractivity contribution in [1.82, 2.24) is 5.32 Å². The van der Waals surface area contributed by atoms with Crippen LogP contribution < -0.4 is 5.32 Å². The number of benzene rings is 2. The Hall–Kier alpha value is -1.34. The summed E-state index contributed by atoms with van der Waals surface area (Å²) in [5.74, 6) is 0. The van der Waals surface area contributed by atoms with Crippen LogP contribution in [0.5, 0.6) is 0 Å². The first-order valence-corrected chi connectivity index (χ1v) is 4.94. The molecule has 1 N–H and O–H groups in total. The highest BCUT2D eigenvalue weighted by molar-refractivity contribution is 5.86. The van der Waals surface area contributed by atoms with Gasteiger partial charge in [-0.2, -0.15) is 0 Å². The van der Waals surface area contributed by atoms with Crippen LogP contribution in [0.1, 0.15) is 11.1 Å². The van der Waals surface area contributed by atoms with E-state index in [-0.39, 0.29) is 0 Å². The molecule has 2 aromatic rings. The maximum Gasteiger partial charge on any atom is 0.0208 e. The summed E-state index contributed by atoms with van der Waals surface area (Å²) >= 11 is 0. The van der Waals surface area contributed by atoms with Gasteiger partial charge in [-0.3, -0.25) is 0 Å². The first-order valence-electron chi connectivity index (χ1n) is 4.94. The fraction of sp³-hybridized carbons (Fsp3) is 0.231. The lowest BCUT2D eigenvalue weighted by Crippen LogP contribution is -2.05. The standard InChI is InChI=1S/C13H15N/c1-10-7-11-5-3-4-6-13(11)12(8-10)9-14-2/h3-8,14H,9H2,1-2H3. The van der Waals surface area contributed by atoms with E-state index in [0.717, 1.165) is 6.54 Å². The van der Waals surface area contributed by atoms with Gasteiger partial charge in [-0.15, -0.1) is 0 Å². The minimum atomic E-state index is 0.933. The summed E-state index contributed by atoms with van der Waals surface area (Å²) in [5.41, 5.74) is 2.71. The molecule has 0 spiro atoms. The lowest BCUT2D eigenvalue weighted by atomic mass is 10.0. The van der Waals surface area contributed by atoms with Crippen LogP contribution in [0.25, 0.3) is 10.8 Å². The van der Waals surface area contributed by atoms with Crippen molar-refractivity contribution in [2.45, 2.75) is 13.5 Å². The predicted octanol–water partition coefficient (Wildman–Crippen LogP) is 2.87. The zero-order valence-electron chi connectivity index (χ0n) is 8.67. The zero-order valence-corrected chi connectivity index (χ0v) is 8.67. The molecule has 0 amide bonds. The molecule has 1 heteroatoms. The third-order valence-corrected chi connectivity index (χ3v) is 2.46. The second-order valence-corrected chi connectivity index (χ2v) is 3.68. The Labute approximate surface area is 84.8 Å². The molecule has 2 rings (SSSR count). The average Bonchev–Trinajstić information content (AvgIpc) is 2.18. The molecule has 0 heterocycles. The molecule has 1 nitrogen and oxygen atoms in total. The third-order valence-electron chi connectivity index (χ3n) is 2.46. The molecule has 0 saturated heterocycles. The van der Waals surface area contributed by atoms with Crippen molar-refractivity contribution < 1.29 is 0 Å². The van der Waals surface area contributed by atoms with E-state index in [1.807, 2.05) is 7.05 Å². The largest absolute Gasteiger partial charge is 0.316 e. The summed E-state index contributed by atoms with van der Waals surface area (Å²) in [6.45, 7) is 3.08. The van der Waals surface area contributed by atoms with Crippen LogP contribution in [0.4, 0.5) is 0 Å². The molecule has 72 valence electrons.